The number of alkyl halides is 3. The van der Waals surface area contributed by atoms with Crippen molar-refractivity contribution < 1.29 is 42.5 Å². The Labute approximate surface area is 202 Å². The molecule has 0 radical (unpaired) electrons. The second-order valence-electron chi connectivity index (χ2n) is 7.55. The van der Waals surface area contributed by atoms with Crippen molar-refractivity contribution in [2.45, 2.75) is 26.6 Å². The molecule has 1 heterocycles. The van der Waals surface area contributed by atoms with Gasteiger partial charge in [-0.15, -0.1) is 11.3 Å². The number of ether oxygens (including phenoxy) is 1. The standard InChI is InChI=1S/C24H20F3NO6S/c1-13-20(34-12-19(30)31)22(23(32)33)35-21(13)16-5-3-4-15(10-16)11-28(14(2)29)18-8-6-17(7-9-18)24(25,26)27/h3-10H,11-12H2,1-2H3,(H,30,31)(H,32,33). The Morgan fingerprint density at radius 2 is 1.71 bits per heavy atom. The molecule has 0 fully saturated rings. The van der Waals surface area contributed by atoms with Crippen LogP contribution in [0.25, 0.3) is 10.4 Å². The number of thiophene rings is 1. The Morgan fingerprint density at radius 3 is 2.26 bits per heavy atom. The molecule has 1 amide bonds. The van der Waals surface area contributed by atoms with Crippen LogP contribution >= 0.6 is 11.3 Å². The van der Waals surface area contributed by atoms with Gasteiger partial charge in [0.1, 0.15) is 5.75 Å². The zero-order valence-electron chi connectivity index (χ0n) is 18.5. The van der Waals surface area contributed by atoms with Gasteiger partial charge in [0, 0.05) is 23.1 Å². The van der Waals surface area contributed by atoms with Gasteiger partial charge < -0.3 is 19.8 Å². The van der Waals surface area contributed by atoms with Crippen LogP contribution in [0.4, 0.5) is 18.9 Å². The van der Waals surface area contributed by atoms with E-state index in [0.29, 0.717) is 27.3 Å². The molecule has 0 saturated carbocycles. The number of halogens is 3. The summed E-state index contributed by atoms with van der Waals surface area (Å²) in [6.45, 7) is 2.29. The Morgan fingerprint density at radius 1 is 1.06 bits per heavy atom. The highest BCUT2D eigenvalue weighted by atomic mass is 32.1. The molecule has 0 saturated heterocycles. The zero-order chi connectivity index (χ0) is 25.9. The van der Waals surface area contributed by atoms with Crippen LogP contribution in [0.2, 0.25) is 0 Å². The maximum Gasteiger partial charge on any atom is 0.416 e. The summed E-state index contributed by atoms with van der Waals surface area (Å²) in [7, 11) is 0. The Bertz CT molecular complexity index is 1270. The van der Waals surface area contributed by atoms with Crippen molar-refractivity contribution in [2.75, 3.05) is 11.5 Å². The average molecular weight is 507 g/mol. The van der Waals surface area contributed by atoms with Gasteiger partial charge in [-0.05, 0) is 48.4 Å². The quantitative estimate of drug-likeness (QED) is 0.420. The van der Waals surface area contributed by atoms with E-state index in [9.17, 15) is 32.7 Å². The predicted molar refractivity (Wildman–Crippen MR) is 123 cm³/mol. The first-order chi connectivity index (χ1) is 16.4. The second-order valence-corrected chi connectivity index (χ2v) is 8.57. The minimum absolute atomic E-state index is 0.0274. The van der Waals surface area contributed by atoms with Crippen LogP contribution in [0.5, 0.6) is 5.75 Å². The van der Waals surface area contributed by atoms with Crippen molar-refractivity contribution in [1.29, 1.82) is 0 Å². The fourth-order valence-electron chi connectivity index (χ4n) is 3.43. The first-order valence-corrected chi connectivity index (χ1v) is 11.0. The van der Waals surface area contributed by atoms with Gasteiger partial charge >= 0.3 is 18.1 Å². The summed E-state index contributed by atoms with van der Waals surface area (Å²) in [5.74, 6) is -2.91. The largest absolute Gasteiger partial charge is 0.480 e. The molecule has 35 heavy (non-hydrogen) atoms. The highest BCUT2D eigenvalue weighted by Crippen LogP contribution is 2.41. The van der Waals surface area contributed by atoms with Crippen LogP contribution in [-0.2, 0) is 22.3 Å². The first kappa shape index (κ1) is 25.8. The third kappa shape index (κ3) is 5.99. The summed E-state index contributed by atoms with van der Waals surface area (Å²) in [5.41, 5.74) is 1.19. The van der Waals surface area contributed by atoms with E-state index in [1.807, 2.05) is 0 Å². The van der Waals surface area contributed by atoms with E-state index in [1.165, 1.54) is 24.0 Å². The molecule has 2 aromatic carbocycles. The van der Waals surface area contributed by atoms with Crippen molar-refractivity contribution in [3.8, 4) is 16.2 Å². The van der Waals surface area contributed by atoms with Gasteiger partial charge in [-0.1, -0.05) is 18.2 Å². The summed E-state index contributed by atoms with van der Waals surface area (Å²) in [5, 5.41) is 18.4. The van der Waals surface area contributed by atoms with Crippen LogP contribution in [-0.4, -0.2) is 34.7 Å². The number of hydrogen-bond donors (Lipinski definition) is 2. The number of carboxylic acids is 2. The summed E-state index contributed by atoms with van der Waals surface area (Å²) >= 11 is 0.929. The van der Waals surface area contributed by atoms with E-state index in [2.05, 4.69) is 0 Å². The number of amides is 1. The SMILES string of the molecule is CC(=O)N(Cc1cccc(-c2sc(C(=O)O)c(OCC(=O)O)c2C)c1)c1ccc(C(F)(F)F)cc1. The zero-order valence-corrected chi connectivity index (χ0v) is 19.4. The van der Waals surface area contributed by atoms with Gasteiger partial charge in [0.25, 0.3) is 0 Å². The molecule has 184 valence electrons. The maximum atomic E-state index is 12.9. The van der Waals surface area contributed by atoms with Crippen LogP contribution in [0.15, 0.2) is 48.5 Å². The number of carbonyl (C=O) groups excluding carboxylic acids is 1. The number of aliphatic carboxylic acids is 1. The van der Waals surface area contributed by atoms with Crippen molar-refractivity contribution in [1.82, 2.24) is 0 Å². The van der Waals surface area contributed by atoms with E-state index in [0.717, 1.165) is 23.5 Å². The minimum Gasteiger partial charge on any atom is -0.480 e. The van der Waals surface area contributed by atoms with Gasteiger partial charge in [-0.2, -0.15) is 13.2 Å². The third-order valence-electron chi connectivity index (χ3n) is 5.04. The lowest BCUT2D eigenvalue weighted by Gasteiger charge is -2.22. The van der Waals surface area contributed by atoms with Crippen LogP contribution in [0.1, 0.15) is 33.3 Å². The summed E-state index contributed by atoms with van der Waals surface area (Å²) in [6, 6.07) is 11.1. The van der Waals surface area contributed by atoms with Gasteiger partial charge in [0.05, 0.1) is 12.1 Å². The third-order valence-corrected chi connectivity index (χ3v) is 6.35. The van der Waals surface area contributed by atoms with Crippen molar-refractivity contribution in [3.63, 3.8) is 0 Å². The molecule has 0 aliphatic rings. The molecule has 11 heteroatoms. The van der Waals surface area contributed by atoms with Gasteiger partial charge in [0.15, 0.2) is 11.5 Å². The number of aromatic carboxylic acids is 1. The van der Waals surface area contributed by atoms with Crippen molar-refractivity contribution >= 4 is 34.9 Å². The Hall–Kier alpha value is -3.86. The number of carboxylic acid groups (broad SMARTS) is 2. The molecule has 0 bridgehead atoms. The predicted octanol–water partition coefficient (Wildman–Crippen LogP) is 5.46. The second kappa shape index (κ2) is 10.2. The Kier molecular flexibility index (Phi) is 7.49. The van der Waals surface area contributed by atoms with E-state index < -0.39 is 30.3 Å². The van der Waals surface area contributed by atoms with E-state index >= 15 is 0 Å². The number of nitrogens with zero attached hydrogens (tertiary/aromatic N) is 1. The molecule has 3 rings (SSSR count). The number of benzene rings is 2. The minimum atomic E-state index is -4.49. The normalized spacial score (nSPS) is 11.2. The topological polar surface area (TPSA) is 104 Å². The number of carbonyl (C=O) groups is 3. The molecular weight excluding hydrogens is 487 g/mol. The van der Waals surface area contributed by atoms with E-state index in [-0.39, 0.29) is 23.1 Å². The molecule has 0 aliphatic heterocycles. The fraction of sp³-hybridized carbons (Fsp3) is 0.208. The lowest BCUT2D eigenvalue weighted by molar-refractivity contribution is -0.139. The molecule has 0 spiro atoms. The van der Waals surface area contributed by atoms with Crippen LogP contribution < -0.4 is 9.64 Å². The molecule has 0 aliphatic carbocycles. The number of rotatable bonds is 8. The lowest BCUT2D eigenvalue weighted by atomic mass is 10.1. The average Bonchev–Trinajstić information content (AvgIpc) is 3.12. The van der Waals surface area contributed by atoms with Crippen LogP contribution in [0, 0.1) is 6.92 Å². The monoisotopic (exact) mass is 507 g/mol. The van der Waals surface area contributed by atoms with Crippen molar-refractivity contribution in [2.24, 2.45) is 0 Å². The van der Waals surface area contributed by atoms with Crippen molar-refractivity contribution in [3.05, 3.63) is 70.1 Å². The van der Waals surface area contributed by atoms with Gasteiger partial charge in [-0.25, -0.2) is 9.59 Å². The molecule has 7 nitrogen and oxygen atoms in total. The molecule has 2 N–H and O–H groups in total. The molecule has 1 aromatic heterocycles. The molecule has 0 unspecified atom stereocenters. The Balaban J connectivity index is 1.93. The molecular formula is C24H20F3NO6S. The highest BCUT2D eigenvalue weighted by molar-refractivity contribution is 7.18. The summed E-state index contributed by atoms with van der Waals surface area (Å²) < 4.78 is 43.8. The fourth-order valence-corrected chi connectivity index (χ4v) is 4.52. The summed E-state index contributed by atoms with van der Waals surface area (Å²) in [6.07, 6.45) is -4.49. The lowest BCUT2D eigenvalue weighted by Crippen LogP contribution is -2.27. The van der Waals surface area contributed by atoms with E-state index in [4.69, 9.17) is 9.84 Å². The maximum absolute atomic E-state index is 12.9. The smallest absolute Gasteiger partial charge is 0.416 e. The number of anilines is 1. The van der Waals surface area contributed by atoms with Gasteiger partial charge in [-0.3, -0.25) is 4.79 Å². The van der Waals surface area contributed by atoms with E-state index in [1.54, 1.807) is 31.2 Å². The molecule has 0 atom stereocenters. The summed E-state index contributed by atoms with van der Waals surface area (Å²) in [4.78, 5) is 36.5. The molecule has 3 aromatic rings. The van der Waals surface area contributed by atoms with Gasteiger partial charge in [0.2, 0.25) is 5.91 Å². The number of hydrogen-bond acceptors (Lipinski definition) is 5. The highest BCUT2D eigenvalue weighted by Gasteiger charge is 2.30. The van der Waals surface area contributed by atoms with Crippen LogP contribution in [0.3, 0.4) is 0 Å². The first-order valence-electron chi connectivity index (χ1n) is 10.1.